The van der Waals surface area contributed by atoms with Crippen molar-refractivity contribution in [3.63, 3.8) is 0 Å². The molecule has 3 heterocycles. The second kappa shape index (κ2) is 7.07. The number of amides is 2. The fraction of sp³-hybridized carbons (Fsp3) is 0.526. The lowest BCUT2D eigenvalue weighted by Gasteiger charge is -2.25. The van der Waals surface area contributed by atoms with Crippen LogP contribution in [0.2, 0.25) is 0 Å². The highest BCUT2D eigenvalue weighted by Gasteiger charge is 2.35. The highest BCUT2D eigenvalue weighted by Crippen LogP contribution is 2.20. The Labute approximate surface area is 152 Å². The van der Waals surface area contributed by atoms with E-state index in [2.05, 4.69) is 20.4 Å². The number of nitrogens with one attached hydrogen (secondary N) is 2. The molecule has 2 saturated heterocycles. The SMILES string of the molecule is CN1CCC[C@@H]1C(=O)N1CCC(NC(=O)Cc2ccc3[nH]ncc3c2)C1. The number of rotatable bonds is 4. The molecule has 2 aliphatic rings. The third-order valence-electron chi connectivity index (χ3n) is 5.54. The van der Waals surface area contributed by atoms with Crippen LogP contribution >= 0.6 is 0 Å². The van der Waals surface area contributed by atoms with Crippen molar-refractivity contribution in [2.45, 2.75) is 37.8 Å². The van der Waals surface area contributed by atoms with Gasteiger partial charge >= 0.3 is 0 Å². The lowest BCUT2D eigenvalue weighted by Crippen LogP contribution is -2.45. The molecule has 0 radical (unpaired) electrons. The van der Waals surface area contributed by atoms with Gasteiger partial charge in [0.15, 0.2) is 0 Å². The zero-order valence-corrected chi connectivity index (χ0v) is 15.1. The van der Waals surface area contributed by atoms with E-state index in [-0.39, 0.29) is 23.9 Å². The molecule has 2 amide bonds. The van der Waals surface area contributed by atoms with E-state index in [1.54, 1.807) is 6.20 Å². The third-order valence-corrected chi connectivity index (χ3v) is 5.54. The van der Waals surface area contributed by atoms with Gasteiger partial charge in [-0.25, -0.2) is 0 Å². The zero-order valence-electron chi connectivity index (χ0n) is 15.1. The number of benzene rings is 1. The third kappa shape index (κ3) is 3.44. The molecule has 2 N–H and O–H groups in total. The summed E-state index contributed by atoms with van der Waals surface area (Å²) >= 11 is 0. The Balaban J connectivity index is 1.30. The van der Waals surface area contributed by atoms with Crippen LogP contribution in [0.25, 0.3) is 10.9 Å². The summed E-state index contributed by atoms with van der Waals surface area (Å²) in [7, 11) is 2.02. The van der Waals surface area contributed by atoms with Gasteiger partial charge in [-0.05, 0) is 50.6 Å². The molecule has 7 heteroatoms. The van der Waals surface area contributed by atoms with Gasteiger partial charge in [0.1, 0.15) is 0 Å². The predicted molar refractivity (Wildman–Crippen MR) is 98.6 cm³/mol. The molecule has 1 aromatic carbocycles. The van der Waals surface area contributed by atoms with E-state index in [9.17, 15) is 9.59 Å². The standard InChI is InChI=1S/C19H25N5O2/c1-23-7-2-3-17(23)19(26)24-8-6-15(12-24)21-18(25)10-13-4-5-16-14(9-13)11-20-22-16/h4-5,9,11,15,17H,2-3,6-8,10,12H2,1H3,(H,20,22)(H,21,25)/t15?,17-/m1/s1. The summed E-state index contributed by atoms with van der Waals surface area (Å²) in [6.45, 7) is 2.34. The van der Waals surface area contributed by atoms with Crippen LogP contribution in [-0.2, 0) is 16.0 Å². The van der Waals surface area contributed by atoms with E-state index in [0.717, 1.165) is 48.8 Å². The molecule has 2 aromatic rings. The van der Waals surface area contributed by atoms with Gasteiger partial charge < -0.3 is 10.2 Å². The number of carbonyl (C=O) groups is 2. The van der Waals surface area contributed by atoms with Crippen molar-refractivity contribution in [1.82, 2.24) is 25.3 Å². The summed E-state index contributed by atoms with van der Waals surface area (Å²) in [6.07, 6.45) is 4.96. The first-order valence-corrected chi connectivity index (χ1v) is 9.30. The Hall–Kier alpha value is -2.41. The molecule has 0 aliphatic carbocycles. The van der Waals surface area contributed by atoms with Crippen molar-refractivity contribution in [2.24, 2.45) is 0 Å². The Morgan fingerprint density at radius 2 is 2.19 bits per heavy atom. The average Bonchev–Trinajstić information content (AvgIpc) is 3.34. The Morgan fingerprint density at radius 3 is 3.00 bits per heavy atom. The van der Waals surface area contributed by atoms with Crippen LogP contribution in [0.3, 0.4) is 0 Å². The molecular weight excluding hydrogens is 330 g/mol. The maximum Gasteiger partial charge on any atom is 0.239 e. The molecule has 0 saturated carbocycles. The lowest BCUT2D eigenvalue weighted by atomic mass is 10.1. The summed E-state index contributed by atoms with van der Waals surface area (Å²) in [5.41, 5.74) is 1.94. The smallest absolute Gasteiger partial charge is 0.239 e. The molecule has 138 valence electrons. The molecular formula is C19H25N5O2. The van der Waals surface area contributed by atoms with Gasteiger partial charge in [-0.1, -0.05) is 6.07 Å². The van der Waals surface area contributed by atoms with Crippen molar-refractivity contribution in [2.75, 3.05) is 26.7 Å². The van der Waals surface area contributed by atoms with E-state index in [1.807, 2.05) is 30.1 Å². The second-order valence-electron chi connectivity index (χ2n) is 7.44. The molecule has 2 fully saturated rings. The van der Waals surface area contributed by atoms with Crippen LogP contribution in [0.1, 0.15) is 24.8 Å². The van der Waals surface area contributed by atoms with Gasteiger partial charge in [0.05, 0.1) is 24.2 Å². The van der Waals surface area contributed by atoms with Crippen LogP contribution in [0.5, 0.6) is 0 Å². The van der Waals surface area contributed by atoms with Crippen LogP contribution in [0.15, 0.2) is 24.4 Å². The minimum absolute atomic E-state index is 0.00475. The van der Waals surface area contributed by atoms with E-state index in [1.165, 1.54) is 0 Å². The van der Waals surface area contributed by atoms with E-state index < -0.39 is 0 Å². The topological polar surface area (TPSA) is 81.3 Å². The van der Waals surface area contributed by atoms with Crippen molar-refractivity contribution < 1.29 is 9.59 Å². The van der Waals surface area contributed by atoms with E-state index in [0.29, 0.717) is 13.0 Å². The van der Waals surface area contributed by atoms with Crippen molar-refractivity contribution in [3.05, 3.63) is 30.0 Å². The normalized spacial score (nSPS) is 23.7. The highest BCUT2D eigenvalue weighted by molar-refractivity contribution is 5.84. The van der Waals surface area contributed by atoms with Crippen LogP contribution in [0, 0.1) is 0 Å². The number of carbonyl (C=O) groups excluding carboxylic acids is 2. The number of hydrogen-bond acceptors (Lipinski definition) is 4. The van der Waals surface area contributed by atoms with Gasteiger partial charge in [-0.3, -0.25) is 19.6 Å². The first-order valence-electron chi connectivity index (χ1n) is 9.30. The Bertz CT molecular complexity index is 817. The maximum atomic E-state index is 12.6. The predicted octanol–water partition coefficient (Wildman–Crippen LogP) is 0.917. The van der Waals surface area contributed by atoms with Crippen molar-refractivity contribution in [3.8, 4) is 0 Å². The van der Waals surface area contributed by atoms with Crippen LogP contribution < -0.4 is 5.32 Å². The number of aromatic amines is 1. The van der Waals surface area contributed by atoms with Gasteiger partial charge in [-0.15, -0.1) is 0 Å². The number of H-pyrrole nitrogens is 1. The number of hydrogen-bond donors (Lipinski definition) is 2. The molecule has 1 unspecified atom stereocenters. The minimum atomic E-state index is 0.00475. The van der Waals surface area contributed by atoms with E-state index >= 15 is 0 Å². The quantitative estimate of drug-likeness (QED) is 0.854. The van der Waals surface area contributed by atoms with Gasteiger partial charge in [0.25, 0.3) is 0 Å². The molecule has 1 aromatic heterocycles. The summed E-state index contributed by atoms with van der Waals surface area (Å²) in [4.78, 5) is 29.1. The van der Waals surface area contributed by atoms with Crippen LogP contribution in [0.4, 0.5) is 0 Å². The molecule has 0 bridgehead atoms. The number of fused-ring (bicyclic) bond motifs is 1. The monoisotopic (exact) mass is 355 g/mol. The Kier molecular flexibility index (Phi) is 4.63. The number of nitrogens with zero attached hydrogens (tertiary/aromatic N) is 3. The summed E-state index contributed by atoms with van der Waals surface area (Å²) in [5.74, 6) is 0.220. The average molecular weight is 355 g/mol. The first kappa shape index (κ1) is 17.0. The minimum Gasteiger partial charge on any atom is -0.351 e. The summed E-state index contributed by atoms with van der Waals surface area (Å²) in [6, 6.07) is 5.94. The first-order chi connectivity index (χ1) is 12.6. The van der Waals surface area contributed by atoms with Crippen molar-refractivity contribution in [1.29, 1.82) is 0 Å². The largest absolute Gasteiger partial charge is 0.351 e. The van der Waals surface area contributed by atoms with E-state index in [4.69, 9.17) is 0 Å². The zero-order chi connectivity index (χ0) is 18.1. The molecule has 2 aliphatic heterocycles. The van der Waals surface area contributed by atoms with Gasteiger partial charge in [0.2, 0.25) is 11.8 Å². The fourth-order valence-electron chi connectivity index (χ4n) is 4.08. The summed E-state index contributed by atoms with van der Waals surface area (Å²) in [5, 5.41) is 11.0. The Morgan fingerprint density at radius 1 is 1.31 bits per heavy atom. The summed E-state index contributed by atoms with van der Waals surface area (Å²) < 4.78 is 0. The number of aromatic nitrogens is 2. The number of likely N-dealkylation sites (tertiary alicyclic amines) is 2. The molecule has 26 heavy (non-hydrogen) atoms. The van der Waals surface area contributed by atoms with Crippen molar-refractivity contribution >= 4 is 22.7 Å². The second-order valence-corrected chi connectivity index (χ2v) is 7.44. The van der Waals surface area contributed by atoms with Gasteiger partial charge in [0, 0.05) is 24.5 Å². The number of likely N-dealkylation sites (N-methyl/N-ethyl adjacent to an activating group) is 1. The molecule has 4 rings (SSSR count). The highest BCUT2D eigenvalue weighted by atomic mass is 16.2. The molecule has 7 nitrogen and oxygen atoms in total. The fourth-order valence-corrected chi connectivity index (χ4v) is 4.08. The van der Waals surface area contributed by atoms with Gasteiger partial charge in [-0.2, -0.15) is 5.10 Å². The lowest BCUT2D eigenvalue weighted by molar-refractivity contribution is -0.134. The molecule has 0 spiro atoms. The molecule has 2 atom stereocenters. The van der Waals surface area contributed by atoms with Crippen LogP contribution in [-0.4, -0.2) is 70.6 Å². The maximum absolute atomic E-state index is 12.6.